The van der Waals surface area contributed by atoms with Crippen LogP contribution < -0.4 is 9.64 Å². The fourth-order valence-corrected chi connectivity index (χ4v) is 4.18. The van der Waals surface area contributed by atoms with Gasteiger partial charge in [-0.25, -0.2) is 4.90 Å². The SMILES string of the molecule is Cc1ccc(N2C(=O)CC(N(CCc3cccc(Cl)c3)C(=O)COc3ccccc3)C2=O)cc1. The average Bonchev–Trinajstić information content (AvgIpc) is 3.13. The predicted molar refractivity (Wildman–Crippen MR) is 131 cm³/mol. The molecule has 3 amide bonds. The summed E-state index contributed by atoms with van der Waals surface area (Å²) in [7, 11) is 0. The third-order valence-electron chi connectivity index (χ3n) is 5.75. The van der Waals surface area contributed by atoms with Crippen LogP contribution in [-0.4, -0.2) is 41.8 Å². The first-order chi connectivity index (χ1) is 16.4. The number of anilines is 1. The van der Waals surface area contributed by atoms with Crippen molar-refractivity contribution in [3.63, 3.8) is 0 Å². The van der Waals surface area contributed by atoms with E-state index in [0.29, 0.717) is 22.9 Å². The molecule has 0 aromatic heterocycles. The van der Waals surface area contributed by atoms with Crippen molar-refractivity contribution in [2.45, 2.75) is 25.8 Å². The maximum absolute atomic E-state index is 13.3. The van der Waals surface area contributed by atoms with Gasteiger partial charge in [0.1, 0.15) is 11.8 Å². The molecule has 7 heteroatoms. The molecule has 174 valence electrons. The van der Waals surface area contributed by atoms with Crippen molar-refractivity contribution in [3.8, 4) is 5.75 Å². The van der Waals surface area contributed by atoms with Gasteiger partial charge in [0.2, 0.25) is 5.91 Å². The molecule has 1 atom stereocenters. The Morgan fingerprint density at radius 3 is 2.47 bits per heavy atom. The molecule has 0 aliphatic carbocycles. The van der Waals surface area contributed by atoms with E-state index in [4.69, 9.17) is 16.3 Å². The molecule has 0 saturated carbocycles. The lowest BCUT2D eigenvalue weighted by Crippen LogP contribution is -2.48. The molecule has 0 radical (unpaired) electrons. The normalized spacial score (nSPS) is 15.5. The maximum Gasteiger partial charge on any atom is 0.261 e. The summed E-state index contributed by atoms with van der Waals surface area (Å²) in [5, 5.41) is 0.598. The molecule has 3 aromatic carbocycles. The van der Waals surface area contributed by atoms with Crippen molar-refractivity contribution < 1.29 is 19.1 Å². The van der Waals surface area contributed by atoms with E-state index >= 15 is 0 Å². The Hall–Kier alpha value is -3.64. The molecule has 0 spiro atoms. The summed E-state index contributed by atoms with van der Waals surface area (Å²) in [5.41, 5.74) is 2.46. The number of amides is 3. The fraction of sp³-hybridized carbons (Fsp3) is 0.222. The first-order valence-corrected chi connectivity index (χ1v) is 11.5. The van der Waals surface area contributed by atoms with Crippen LogP contribution in [0.25, 0.3) is 0 Å². The van der Waals surface area contributed by atoms with E-state index in [9.17, 15) is 14.4 Å². The van der Waals surface area contributed by atoms with Crippen LogP contribution in [0.1, 0.15) is 17.5 Å². The van der Waals surface area contributed by atoms with Gasteiger partial charge >= 0.3 is 0 Å². The van der Waals surface area contributed by atoms with Gasteiger partial charge in [-0.1, -0.05) is 59.6 Å². The van der Waals surface area contributed by atoms with Gasteiger partial charge in [0.25, 0.3) is 11.8 Å². The number of hydrogen-bond donors (Lipinski definition) is 0. The van der Waals surface area contributed by atoms with E-state index < -0.39 is 11.9 Å². The first kappa shape index (κ1) is 23.5. The third kappa shape index (κ3) is 5.46. The minimum absolute atomic E-state index is 0.0701. The minimum Gasteiger partial charge on any atom is -0.484 e. The van der Waals surface area contributed by atoms with Gasteiger partial charge in [0.05, 0.1) is 12.1 Å². The lowest BCUT2D eigenvalue weighted by molar-refractivity contribution is -0.140. The smallest absolute Gasteiger partial charge is 0.261 e. The van der Waals surface area contributed by atoms with Crippen LogP contribution in [0.5, 0.6) is 5.75 Å². The van der Waals surface area contributed by atoms with Crippen LogP contribution in [0.4, 0.5) is 5.69 Å². The Labute approximate surface area is 203 Å². The van der Waals surface area contributed by atoms with E-state index in [1.165, 1.54) is 9.80 Å². The second kappa shape index (κ2) is 10.5. The highest BCUT2D eigenvalue weighted by molar-refractivity contribution is 6.30. The maximum atomic E-state index is 13.3. The Balaban J connectivity index is 1.54. The predicted octanol–water partition coefficient (Wildman–Crippen LogP) is 4.43. The zero-order valence-corrected chi connectivity index (χ0v) is 19.6. The molecule has 4 rings (SSSR count). The summed E-state index contributed by atoms with van der Waals surface area (Å²) >= 11 is 6.10. The topological polar surface area (TPSA) is 66.9 Å². The average molecular weight is 477 g/mol. The second-order valence-corrected chi connectivity index (χ2v) is 8.63. The molecule has 34 heavy (non-hydrogen) atoms. The number of benzene rings is 3. The fourth-order valence-electron chi connectivity index (χ4n) is 3.97. The van der Waals surface area contributed by atoms with Gasteiger partial charge in [0, 0.05) is 11.6 Å². The van der Waals surface area contributed by atoms with Gasteiger partial charge in [0.15, 0.2) is 6.61 Å². The summed E-state index contributed by atoms with van der Waals surface area (Å²) in [6.45, 7) is 1.95. The van der Waals surface area contributed by atoms with Gasteiger partial charge < -0.3 is 9.64 Å². The zero-order chi connectivity index (χ0) is 24.1. The summed E-state index contributed by atoms with van der Waals surface area (Å²) in [6, 6.07) is 22.6. The first-order valence-electron chi connectivity index (χ1n) is 11.1. The highest BCUT2D eigenvalue weighted by Crippen LogP contribution is 2.27. The van der Waals surface area contributed by atoms with Gasteiger partial charge in [-0.3, -0.25) is 14.4 Å². The Morgan fingerprint density at radius 1 is 1.03 bits per heavy atom. The Kier molecular flexibility index (Phi) is 7.28. The number of carbonyl (C=O) groups excluding carboxylic acids is 3. The number of ether oxygens (including phenoxy) is 1. The Morgan fingerprint density at radius 2 is 1.76 bits per heavy atom. The molecule has 6 nitrogen and oxygen atoms in total. The van der Waals surface area contributed by atoms with Crippen LogP contribution in [0, 0.1) is 6.92 Å². The number of carbonyl (C=O) groups is 3. The molecular weight excluding hydrogens is 452 g/mol. The minimum atomic E-state index is -0.889. The summed E-state index contributed by atoms with van der Waals surface area (Å²) < 4.78 is 5.64. The van der Waals surface area contributed by atoms with Crippen LogP contribution in [-0.2, 0) is 20.8 Å². The van der Waals surface area contributed by atoms with Gasteiger partial charge in [-0.05, 0) is 55.3 Å². The van der Waals surface area contributed by atoms with Crippen LogP contribution in [0.15, 0.2) is 78.9 Å². The van der Waals surface area contributed by atoms with E-state index in [0.717, 1.165) is 11.1 Å². The van der Waals surface area contributed by atoms with E-state index in [2.05, 4.69) is 0 Å². The lowest BCUT2D eigenvalue weighted by Gasteiger charge is -2.28. The highest BCUT2D eigenvalue weighted by Gasteiger charge is 2.44. The van der Waals surface area contributed by atoms with Crippen molar-refractivity contribution in [2.24, 2.45) is 0 Å². The number of halogens is 1. The van der Waals surface area contributed by atoms with E-state index in [1.807, 2.05) is 55.5 Å². The van der Waals surface area contributed by atoms with Gasteiger partial charge in [-0.2, -0.15) is 0 Å². The number of imide groups is 1. The number of nitrogens with zero attached hydrogens (tertiary/aromatic N) is 2. The quantitative estimate of drug-likeness (QED) is 0.451. The van der Waals surface area contributed by atoms with Crippen molar-refractivity contribution in [1.82, 2.24) is 4.90 Å². The van der Waals surface area contributed by atoms with Crippen molar-refractivity contribution >= 4 is 35.0 Å². The largest absolute Gasteiger partial charge is 0.484 e. The summed E-state index contributed by atoms with van der Waals surface area (Å²) in [5.74, 6) is -0.542. The second-order valence-electron chi connectivity index (χ2n) is 8.19. The molecule has 1 aliphatic rings. The van der Waals surface area contributed by atoms with Crippen molar-refractivity contribution in [3.05, 3.63) is 95.0 Å². The van der Waals surface area contributed by atoms with Crippen molar-refractivity contribution in [2.75, 3.05) is 18.1 Å². The van der Waals surface area contributed by atoms with Crippen LogP contribution in [0.2, 0.25) is 5.02 Å². The zero-order valence-electron chi connectivity index (χ0n) is 18.8. The molecule has 1 unspecified atom stereocenters. The molecule has 1 fully saturated rings. The monoisotopic (exact) mass is 476 g/mol. The van der Waals surface area contributed by atoms with E-state index in [-0.39, 0.29) is 31.4 Å². The lowest BCUT2D eigenvalue weighted by atomic mass is 10.1. The molecule has 3 aromatic rings. The van der Waals surface area contributed by atoms with E-state index in [1.54, 1.807) is 30.3 Å². The van der Waals surface area contributed by atoms with Gasteiger partial charge in [-0.15, -0.1) is 0 Å². The number of hydrogen-bond acceptors (Lipinski definition) is 4. The van der Waals surface area contributed by atoms with Crippen molar-refractivity contribution in [1.29, 1.82) is 0 Å². The van der Waals surface area contributed by atoms with Crippen LogP contribution in [0.3, 0.4) is 0 Å². The molecule has 0 N–H and O–H groups in total. The molecule has 1 heterocycles. The molecule has 1 saturated heterocycles. The third-order valence-corrected chi connectivity index (χ3v) is 5.98. The van der Waals surface area contributed by atoms with Crippen LogP contribution >= 0.6 is 11.6 Å². The summed E-state index contributed by atoms with van der Waals surface area (Å²) in [4.78, 5) is 42.0. The number of rotatable bonds is 8. The molecule has 1 aliphatic heterocycles. The Bertz CT molecular complexity index is 1180. The summed E-state index contributed by atoms with van der Waals surface area (Å²) in [6.07, 6.45) is 0.416. The standard InChI is InChI=1S/C27H25ClN2O4/c1-19-10-12-22(13-11-19)30-25(31)17-24(27(30)33)29(15-14-20-6-5-7-21(28)16-20)26(32)18-34-23-8-3-2-4-9-23/h2-13,16,24H,14-15,17-18H2,1H3. The molecular formula is C27H25ClN2O4. The number of aryl methyl sites for hydroxylation is 1. The number of para-hydroxylation sites is 1. The molecule has 0 bridgehead atoms. The highest BCUT2D eigenvalue weighted by atomic mass is 35.5.